The lowest BCUT2D eigenvalue weighted by atomic mass is 10.0. The summed E-state index contributed by atoms with van der Waals surface area (Å²) in [6, 6.07) is 4.69. The molecule has 2 heterocycles. The van der Waals surface area contributed by atoms with Crippen LogP contribution < -0.4 is 15.8 Å². The van der Waals surface area contributed by atoms with E-state index in [4.69, 9.17) is 5.14 Å². The van der Waals surface area contributed by atoms with Crippen LogP contribution in [0, 0.1) is 0 Å². The summed E-state index contributed by atoms with van der Waals surface area (Å²) in [5, 5.41) is 54.9. The number of hydrogen-bond donors (Lipinski definition) is 7. The SMILES string of the molecule is NS(=O)(=O)c1nnc(NC(=O)[C@H](Cc2ccc(O)cc2)NC(=O)CN2CCN(CC(=O)O)CCN(CC(=O)O)CCN(CC(=O)O)CC2)s1. The minimum atomic E-state index is -4.17. The molecule has 0 radical (unpaired) electrons. The number of phenolic OH excluding ortho intramolecular Hbond substituents is 1. The number of benzene rings is 1. The zero-order valence-corrected chi connectivity index (χ0v) is 27.9. The number of hydrogen-bond acceptors (Lipinski definition) is 15. The highest BCUT2D eigenvalue weighted by atomic mass is 32.2. The van der Waals surface area contributed by atoms with E-state index >= 15 is 0 Å². The number of rotatable bonds is 14. The van der Waals surface area contributed by atoms with Gasteiger partial charge >= 0.3 is 17.9 Å². The molecule has 2 amide bonds. The topological polar surface area (TPSA) is 289 Å². The first kappa shape index (κ1) is 39.1. The van der Waals surface area contributed by atoms with E-state index in [9.17, 15) is 52.8 Å². The van der Waals surface area contributed by atoms with Crippen LogP contribution in [0.2, 0.25) is 0 Å². The number of aromatic hydroxyl groups is 1. The van der Waals surface area contributed by atoms with Crippen molar-refractivity contribution >= 4 is 56.2 Å². The third kappa shape index (κ3) is 14.4. The Balaban J connectivity index is 1.78. The fraction of sp³-hybridized carbons (Fsp3) is 0.519. The molecule has 0 spiro atoms. The van der Waals surface area contributed by atoms with Gasteiger partial charge in [0.1, 0.15) is 11.8 Å². The van der Waals surface area contributed by atoms with Crippen LogP contribution >= 0.6 is 11.3 Å². The standard InChI is InChI=1S/C27H39N9O11S2/c28-49(46,47)27-32-31-26(48-27)30-25(45)20(13-18-1-3-19(37)4-2-18)29-21(38)14-33-5-7-34(15-22(39)40)9-11-36(17-24(43)44)12-10-35(8-6-33)16-23(41)42/h1-4,20,37H,5-17H2,(H,29,38)(H,39,40)(H,41,42)(H,43,44)(H2,28,46,47)(H,30,31,45)/t20-/m0/s1. The number of nitrogens with two attached hydrogens (primary N) is 1. The maximum Gasteiger partial charge on any atom is 0.317 e. The van der Waals surface area contributed by atoms with Crippen LogP contribution in [0.15, 0.2) is 28.6 Å². The van der Waals surface area contributed by atoms with E-state index in [1.807, 2.05) is 0 Å². The van der Waals surface area contributed by atoms with Gasteiger partial charge in [-0.3, -0.25) is 48.9 Å². The van der Waals surface area contributed by atoms with Gasteiger partial charge in [-0.1, -0.05) is 23.5 Å². The van der Waals surface area contributed by atoms with Gasteiger partial charge in [0.25, 0.3) is 10.0 Å². The highest BCUT2D eigenvalue weighted by molar-refractivity contribution is 7.91. The third-order valence-corrected chi connectivity index (χ3v) is 9.43. The number of aliphatic carboxylic acids is 3. The number of nitrogens with zero attached hydrogens (tertiary/aromatic N) is 6. The summed E-state index contributed by atoms with van der Waals surface area (Å²) in [7, 11) is -4.17. The predicted octanol–water partition coefficient (Wildman–Crippen LogP) is -2.97. The molecule has 1 aromatic carbocycles. The van der Waals surface area contributed by atoms with E-state index < -0.39 is 50.1 Å². The van der Waals surface area contributed by atoms with Gasteiger partial charge in [-0.15, -0.1) is 10.2 Å². The Bertz CT molecular complexity index is 1540. The minimum Gasteiger partial charge on any atom is -0.508 e. The maximum absolute atomic E-state index is 13.4. The highest BCUT2D eigenvalue weighted by Crippen LogP contribution is 2.19. The van der Waals surface area contributed by atoms with Crippen LogP contribution in [0.1, 0.15) is 5.56 Å². The molecule has 49 heavy (non-hydrogen) atoms. The van der Waals surface area contributed by atoms with Crippen molar-refractivity contribution in [1.29, 1.82) is 0 Å². The molecule has 0 saturated carbocycles. The lowest BCUT2D eigenvalue weighted by molar-refractivity contribution is -0.140. The van der Waals surface area contributed by atoms with Gasteiger partial charge in [0.2, 0.25) is 21.3 Å². The molecule has 270 valence electrons. The molecule has 0 aliphatic carbocycles. The molecule has 0 bridgehead atoms. The first-order valence-electron chi connectivity index (χ1n) is 14.9. The number of nitrogens with one attached hydrogen (secondary N) is 2. The number of carbonyl (C=O) groups is 5. The lowest BCUT2D eigenvalue weighted by Gasteiger charge is -2.33. The number of aromatic nitrogens is 2. The summed E-state index contributed by atoms with van der Waals surface area (Å²) in [6.07, 6.45) is -0.0374. The van der Waals surface area contributed by atoms with Crippen molar-refractivity contribution in [3.8, 4) is 5.75 Å². The fourth-order valence-electron chi connectivity index (χ4n) is 4.87. The van der Waals surface area contributed by atoms with Crippen molar-refractivity contribution in [2.24, 2.45) is 5.14 Å². The zero-order chi connectivity index (χ0) is 36.1. The van der Waals surface area contributed by atoms with Crippen LogP contribution in [0.5, 0.6) is 5.75 Å². The van der Waals surface area contributed by atoms with Crippen LogP contribution in [-0.4, -0.2) is 173 Å². The second-order valence-electron chi connectivity index (χ2n) is 11.2. The first-order valence-corrected chi connectivity index (χ1v) is 17.2. The molecule has 0 unspecified atom stereocenters. The molecule has 2 aromatic rings. The number of carboxylic acid groups (broad SMARTS) is 3. The molecule has 3 rings (SSSR count). The van der Waals surface area contributed by atoms with E-state index in [1.165, 1.54) is 12.1 Å². The molecule has 22 heteroatoms. The van der Waals surface area contributed by atoms with E-state index in [0.717, 1.165) is 0 Å². The summed E-state index contributed by atoms with van der Waals surface area (Å²) in [4.78, 5) is 67.8. The third-order valence-electron chi connectivity index (χ3n) is 7.28. The molecule has 1 aliphatic rings. The Labute approximate surface area is 285 Å². The van der Waals surface area contributed by atoms with E-state index in [1.54, 1.807) is 31.7 Å². The molecular formula is C27H39N9O11S2. The van der Waals surface area contributed by atoms with Crippen molar-refractivity contribution in [3.05, 3.63) is 29.8 Å². The maximum atomic E-state index is 13.4. The monoisotopic (exact) mass is 729 g/mol. The average Bonchev–Trinajstić information content (AvgIpc) is 3.48. The van der Waals surface area contributed by atoms with Crippen LogP contribution in [0.4, 0.5) is 5.13 Å². The van der Waals surface area contributed by atoms with Gasteiger partial charge < -0.3 is 25.7 Å². The zero-order valence-electron chi connectivity index (χ0n) is 26.3. The summed E-state index contributed by atoms with van der Waals surface area (Å²) in [6.45, 7) is 0.302. The summed E-state index contributed by atoms with van der Waals surface area (Å²) >= 11 is 0.518. The molecule has 1 fully saturated rings. The van der Waals surface area contributed by atoms with Crippen LogP contribution in [-0.2, 0) is 40.4 Å². The summed E-state index contributed by atoms with van der Waals surface area (Å²) < 4.78 is 22.7. The number of phenols is 1. The quantitative estimate of drug-likeness (QED) is 0.0956. The number of sulfonamides is 1. The number of primary sulfonamides is 1. The van der Waals surface area contributed by atoms with Crippen molar-refractivity contribution in [3.63, 3.8) is 0 Å². The fourth-order valence-corrected chi connectivity index (χ4v) is 6.21. The van der Waals surface area contributed by atoms with Gasteiger partial charge in [-0.05, 0) is 17.7 Å². The van der Waals surface area contributed by atoms with Crippen molar-refractivity contribution in [2.45, 2.75) is 16.8 Å². The predicted molar refractivity (Wildman–Crippen MR) is 172 cm³/mol. The van der Waals surface area contributed by atoms with Gasteiger partial charge in [0, 0.05) is 58.8 Å². The molecule has 1 aromatic heterocycles. The van der Waals surface area contributed by atoms with Crippen LogP contribution in [0.3, 0.4) is 0 Å². The van der Waals surface area contributed by atoms with Crippen molar-refractivity contribution in [2.75, 3.05) is 83.9 Å². The second-order valence-corrected chi connectivity index (χ2v) is 13.9. The lowest BCUT2D eigenvalue weighted by Crippen LogP contribution is -2.52. The Hall–Kier alpha value is -4.32. The van der Waals surface area contributed by atoms with E-state index in [0.29, 0.717) is 16.9 Å². The van der Waals surface area contributed by atoms with Crippen molar-refractivity contribution in [1.82, 2.24) is 35.1 Å². The normalized spacial score (nSPS) is 16.9. The van der Waals surface area contributed by atoms with Gasteiger partial charge in [0.15, 0.2) is 0 Å². The summed E-state index contributed by atoms with van der Waals surface area (Å²) in [5.41, 5.74) is 0.567. The second kappa shape index (κ2) is 18.4. The highest BCUT2D eigenvalue weighted by Gasteiger charge is 2.26. The molecular weight excluding hydrogens is 690 g/mol. The molecule has 1 atom stereocenters. The number of amides is 2. The molecule has 20 nitrogen and oxygen atoms in total. The van der Waals surface area contributed by atoms with Gasteiger partial charge in [0.05, 0.1) is 26.2 Å². The Morgan fingerprint density at radius 2 is 1.18 bits per heavy atom. The molecule has 1 saturated heterocycles. The van der Waals surface area contributed by atoms with E-state index in [2.05, 4.69) is 20.8 Å². The Morgan fingerprint density at radius 1 is 0.755 bits per heavy atom. The number of carbonyl (C=O) groups excluding carboxylic acids is 2. The first-order chi connectivity index (χ1) is 23.1. The number of anilines is 1. The van der Waals surface area contributed by atoms with Crippen LogP contribution in [0.25, 0.3) is 0 Å². The summed E-state index contributed by atoms with van der Waals surface area (Å²) in [5.74, 6) is -4.63. The Kier molecular flexibility index (Phi) is 14.7. The number of carboxylic acids is 3. The van der Waals surface area contributed by atoms with Gasteiger partial charge in [-0.2, -0.15) is 0 Å². The molecule has 1 aliphatic heterocycles. The molecule has 8 N–H and O–H groups in total. The largest absolute Gasteiger partial charge is 0.508 e. The van der Waals surface area contributed by atoms with Gasteiger partial charge in [-0.25, -0.2) is 13.6 Å². The minimum absolute atomic E-state index is 0.0167. The smallest absolute Gasteiger partial charge is 0.317 e. The van der Waals surface area contributed by atoms with E-state index in [-0.39, 0.29) is 95.8 Å². The average molecular weight is 730 g/mol. The Morgan fingerprint density at radius 3 is 1.57 bits per heavy atom. The van der Waals surface area contributed by atoms with Crippen molar-refractivity contribution < 1.29 is 52.8 Å².